The van der Waals surface area contributed by atoms with Gasteiger partial charge in [0.2, 0.25) is 0 Å². The molecule has 0 spiro atoms. The third-order valence-electron chi connectivity index (χ3n) is 2.49. The molecule has 0 radical (unpaired) electrons. The molecule has 0 saturated heterocycles. The van der Waals surface area contributed by atoms with Crippen molar-refractivity contribution in [2.24, 2.45) is 0 Å². The molecule has 4 nitrogen and oxygen atoms in total. The Kier molecular flexibility index (Phi) is 5.49. The molecule has 94 valence electrons. The summed E-state index contributed by atoms with van der Waals surface area (Å²) in [5.74, 6) is 0.394. The molecule has 1 aromatic carbocycles. The van der Waals surface area contributed by atoms with Crippen LogP contribution in [0.3, 0.4) is 0 Å². The number of hydrogen-bond donors (Lipinski definition) is 0. The molecule has 1 unspecified atom stereocenters. The van der Waals surface area contributed by atoms with E-state index >= 15 is 0 Å². The van der Waals surface area contributed by atoms with Gasteiger partial charge in [0.15, 0.2) is 0 Å². The van der Waals surface area contributed by atoms with Crippen molar-refractivity contribution in [1.29, 1.82) is 0 Å². The fourth-order valence-corrected chi connectivity index (χ4v) is 1.25. The topological polar surface area (TPSA) is 44.8 Å². The molecule has 0 bridgehead atoms. The van der Waals surface area contributed by atoms with E-state index in [-0.39, 0.29) is 12.1 Å². The van der Waals surface area contributed by atoms with Gasteiger partial charge in [-0.3, -0.25) is 0 Å². The maximum absolute atomic E-state index is 11.6. The molecule has 0 aromatic heterocycles. The highest BCUT2D eigenvalue weighted by molar-refractivity contribution is 5.89. The minimum Gasteiger partial charge on any atom is -0.497 e. The quantitative estimate of drug-likeness (QED) is 0.713. The Bertz CT molecular complexity index is 345. The van der Waals surface area contributed by atoms with E-state index in [1.807, 2.05) is 6.92 Å². The van der Waals surface area contributed by atoms with E-state index in [9.17, 15) is 4.79 Å². The maximum Gasteiger partial charge on any atom is 0.338 e. The number of carbonyl (C=O) groups is 1. The molecule has 0 fully saturated rings. The van der Waals surface area contributed by atoms with Gasteiger partial charge >= 0.3 is 5.97 Å². The van der Waals surface area contributed by atoms with Gasteiger partial charge in [-0.2, -0.15) is 0 Å². The summed E-state index contributed by atoms with van der Waals surface area (Å²) in [6.45, 7) is 2.29. The van der Waals surface area contributed by atoms with E-state index < -0.39 is 0 Å². The van der Waals surface area contributed by atoms with Gasteiger partial charge in [0, 0.05) is 13.5 Å². The van der Waals surface area contributed by atoms with Crippen molar-refractivity contribution in [3.8, 4) is 5.75 Å². The van der Waals surface area contributed by atoms with Gasteiger partial charge in [-0.15, -0.1) is 0 Å². The second-order valence-corrected chi connectivity index (χ2v) is 3.70. The smallest absolute Gasteiger partial charge is 0.338 e. The number of esters is 1. The van der Waals surface area contributed by atoms with Gasteiger partial charge in [0.05, 0.1) is 25.4 Å². The van der Waals surface area contributed by atoms with Crippen LogP contribution in [-0.4, -0.2) is 32.9 Å². The van der Waals surface area contributed by atoms with Gasteiger partial charge in [0.25, 0.3) is 0 Å². The average molecular weight is 238 g/mol. The van der Waals surface area contributed by atoms with Crippen molar-refractivity contribution in [1.82, 2.24) is 0 Å². The zero-order valence-corrected chi connectivity index (χ0v) is 10.4. The predicted octanol–water partition coefficient (Wildman–Crippen LogP) is 2.28. The van der Waals surface area contributed by atoms with E-state index in [0.29, 0.717) is 18.6 Å². The fourth-order valence-electron chi connectivity index (χ4n) is 1.25. The number of hydrogen-bond acceptors (Lipinski definition) is 4. The van der Waals surface area contributed by atoms with E-state index in [0.717, 1.165) is 5.75 Å². The first-order chi connectivity index (χ1) is 8.17. The lowest BCUT2D eigenvalue weighted by molar-refractivity contribution is 0.0391. The summed E-state index contributed by atoms with van der Waals surface area (Å²) in [6, 6.07) is 6.82. The third-order valence-corrected chi connectivity index (χ3v) is 2.49. The molecule has 1 atom stereocenters. The second-order valence-electron chi connectivity index (χ2n) is 3.70. The summed E-state index contributed by atoms with van der Waals surface area (Å²) in [5.41, 5.74) is 0.524. The third kappa shape index (κ3) is 4.44. The lowest BCUT2D eigenvalue weighted by Gasteiger charge is -2.09. The molecular weight excluding hydrogens is 220 g/mol. The van der Waals surface area contributed by atoms with Crippen molar-refractivity contribution in [3.63, 3.8) is 0 Å². The number of rotatable bonds is 6. The first kappa shape index (κ1) is 13.5. The molecule has 0 heterocycles. The molecular formula is C13H18O4. The molecule has 0 saturated carbocycles. The summed E-state index contributed by atoms with van der Waals surface area (Å²) in [7, 11) is 3.22. The predicted molar refractivity (Wildman–Crippen MR) is 64.4 cm³/mol. The summed E-state index contributed by atoms with van der Waals surface area (Å²) < 4.78 is 15.2. The van der Waals surface area contributed by atoms with Crippen LogP contribution in [0.4, 0.5) is 0 Å². The Morgan fingerprint density at radius 2 is 1.88 bits per heavy atom. The van der Waals surface area contributed by atoms with E-state index in [1.54, 1.807) is 38.5 Å². The van der Waals surface area contributed by atoms with Gasteiger partial charge in [-0.25, -0.2) is 4.79 Å². The Balaban J connectivity index is 2.41. The van der Waals surface area contributed by atoms with Crippen LogP contribution < -0.4 is 4.74 Å². The van der Waals surface area contributed by atoms with Crippen molar-refractivity contribution < 1.29 is 19.0 Å². The van der Waals surface area contributed by atoms with E-state index in [1.165, 1.54) is 0 Å². The number of ether oxygens (including phenoxy) is 3. The Morgan fingerprint density at radius 1 is 1.24 bits per heavy atom. The first-order valence-electron chi connectivity index (χ1n) is 5.51. The van der Waals surface area contributed by atoms with Crippen LogP contribution >= 0.6 is 0 Å². The van der Waals surface area contributed by atoms with Crippen LogP contribution in [0, 0.1) is 0 Å². The Hall–Kier alpha value is -1.55. The van der Waals surface area contributed by atoms with Crippen LogP contribution in [0.15, 0.2) is 24.3 Å². The van der Waals surface area contributed by atoms with Gasteiger partial charge in [-0.1, -0.05) is 0 Å². The van der Waals surface area contributed by atoms with Crippen molar-refractivity contribution in [2.75, 3.05) is 20.8 Å². The van der Waals surface area contributed by atoms with Crippen molar-refractivity contribution >= 4 is 5.97 Å². The molecule has 4 heteroatoms. The molecule has 0 aliphatic carbocycles. The minimum absolute atomic E-state index is 0.0960. The molecule has 0 amide bonds. The van der Waals surface area contributed by atoms with Crippen LogP contribution in [-0.2, 0) is 9.47 Å². The minimum atomic E-state index is -0.323. The lowest BCUT2D eigenvalue weighted by atomic mass is 10.2. The maximum atomic E-state index is 11.6. The summed E-state index contributed by atoms with van der Waals surface area (Å²) in [6.07, 6.45) is 0.789. The molecule has 1 aromatic rings. The van der Waals surface area contributed by atoms with E-state index in [2.05, 4.69) is 0 Å². The monoisotopic (exact) mass is 238 g/mol. The average Bonchev–Trinajstić information content (AvgIpc) is 2.38. The van der Waals surface area contributed by atoms with Crippen molar-refractivity contribution in [2.45, 2.75) is 19.4 Å². The highest BCUT2D eigenvalue weighted by Crippen LogP contribution is 2.12. The van der Waals surface area contributed by atoms with Crippen LogP contribution in [0.1, 0.15) is 23.7 Å². The molecule has 0 aliphatic heterocycles. The standard InChI is InChI=1S/C13H18O4/c1-10(15-2)8-9-17-13(14)11-4-6-12(16-3)7-5-11/h4-7,10H,8-9H2,1-3H3. The Labute approximate surface area is 101 Å². The van der Waals surface area contributed by atoms with Gasteiger partial charge < -0.3 is 14.2 Å². The summed E-state index contributed by atoms with van der Waals surface area (Å²) in [4.78, 5) is 11.6. The molecule has 1 rings (SSSR count). The molecule has 0 aliphatic rings. The van der Waals surface area contributed by atoms with Crippen LogP contribution in [0.5, 0.6) is 5.75 Å². The first-order valence-corrected chi connectivity index (χ1v) is 5.51. The zero-order chi connectivity index (χ0) is 12.7. The lowest BCUT2D eigenvalue weighted by Crippen LogP contribution is -2.12. The van der Waals surface area contributed by atoms with Gasteiger partial charge in [-0.05, 0) is 31.2 Å². The number of benzene rings is 1. The van der Waals surface area contributed by atoms with E-state index in [4.69, 9.17) is 14.2 Å². The number of methoxy groups -OCH3 is 2. The number of carbonyl (C=O) groups excluding carboxylic acids is 1. The highest BCUT2D eigenvalue weighted by Gasteiger charge is 2.08. The molecule has 0 N–H and O–H groups in total. The highest BCUT2D eigenvalue weighted by atomic mass is 16.5. The van der Waals surface area contributed by atoms with Gasteiger partial charge in [0.1, 0.15) is 5.75 Å². The largest absolute Gasteiger partial charge is 0.497 e. The fraction of sp³-hybridized carbons (Fsp3) is 0.462. The summed E-state index contributed by atoms with van der Waals surface area (Å²) in [5, 5.41) is 0. The van der Waals surface area contributed by atoms with Crippen molar-refractivity contribution in [3.05, 3.63) is 29.8 Å². The zero-order valence-electron chi connectivity index (χ0n) is 10.4. The van der Waals surface area contributed by atoms with Crippen LogP contribution in [0.2, 0.25) is 0 Å². The van der Waals surface area contributed by atoms with Crippen LogP contribution in [0.25, 0.3) is 0 Å². The Morgan fingerprint density at radius 3 is 2.41 bits per heavy atom. The second kappa shape index (κ2) is 6.91. The SMILES string of the molecule is COc1ccc(C(=O)OCCC(C)OC)cc1. The molecule has 17 heavy (non-hydrogen) atoms. The normalized spacial score (nSPS) is 11.9. The summed E-state index contributed by atoms with van der Waals surface area (Å²) >= 11 is 0.